The largest absolute Gasteiger partial charge is 0.390 e. The second-order valence-corrected chi connectivity index (χ2v) is 8.69. The molecule has 0 aromatic heterocycles. The number of fused-ring (bicyclic) bond motifs is 2. The molecule has 0 radical (unpaired) electrons. The minimum absolute atomic E-state index is 0.112. The summed E-state index contributed by atoms with van der Waals surface area (Å²) in [5.41, 5.74) is -4.32. The standard InChI is InChI=1S/C16H26O7/c1-13(2,19)8-6-15(20)9(18)10-16(12(23-16)11(15)21-8)5-7(17)14(3,4)22-10/h7-12,17-20H,5-6H2,1-4H3. The third kappa shape index (κ3) is 1.96. The smallest absolute Gasteiger partial charge is 0.129 e. The Balaban J connectivity index is 1.68. The number of aliphatic hydroxyl groups excluding tert-OH is 2. The average molecular weight is 330 g/mol. The number of epoxide rings is 1. The SMILES string of the molecule is CC(C)(O)C1CC2(O)C(O)C3OC(C)(C)C(O)CC34OC4C2O1. The molecule has 8 atom stereocenters. The average Bonchev–Trinajstić information content (AvgIpc) is 2.98. The molecule has 7 nitrogen and oxygen atoms in total. The fourth-order valence-corrected chi connectivity index (χ4v) is 4.47. The van der Waals surface area contributed by atoms with Gasteiger partial charge in [0.25, 0.3) is 0 Å². The van der Waals surface area contributed by atoms with Crippen molar-refractivity contribution < 1.29 is 34.6 Å². The lowest BCUT2D eigenvalue weighted by Gasteiger charge is -2.51. The van der Waals surface area contributed by atoms with Gasteiger partial charge < -0.3 is 34.6 Å². The topological polar surface area (TPSA) is 112 Å². The molecular weight excluding hydrogens is 304 g/mol. The van der Waals surface area contributed by atoms with E-state index in [1.807, 2.05) is 0 Å². The Morgan fingerprint density at radius 2 is 1.65 bits per heavy atom. The summed E-state index contributed by atoms with van der Waals surface area (Å²) in [4.78, 5) is 0. The van der Waals surface area contributed by atoms with Crippen molar-refractivity contribution in [2.45, 2.75) is 99.6 Å². The second kappa shape index (κ2) is 4.27. The quantitative estimate of drug-likeness (QED) is 0.460. The molecule has 7 heteroatoms. The van der Waals surface area contributed by atoms with Crippen LogP contribution in [0.4, 0.5) is 0 Å². The third-order valence-electron chi connectivity index (χ3n) is 6.18. The van der Waals surface area contributed by atoms with Crippen molar-refractivity contribution in [1.82, 2.24) is 0 Å². The van der Waals surface area contributed by atoms with Crippen LogP contribution in [0.2, 0.25) is 0 Å². The van der Waals surface area contributed by atoms with E-state index in [0.717, 1.165) is 0 Å². The first-order valence-corrected chi connectivity index (χ1v) is 8.24. The molecule has 4 rings (SSSR count). The van der Waals surface area contributed by atoms with Crippen molar-refractivity contribution in [3.63, 3.8) is 0 Å². The molecule has 4 fully saturated rings. The summed E-state index contributed by atoms with van der Waals surface area (Å²) in [6, 6.07) is 0. The highest BCUT2D eigenvalue weighted by Gasteiger charge is 2.81. The number of hydrogen-bond acceptors (Lipinski definition) is 7. The van der Waals surface area contributed by atoms with E-state index in [9.17, 15) is 20.4 Å². The lowest BCUT2D eigenvalue weighted by molar-refractivity contribution is -0.263. The molecule has 0 bridgehead atoms. The van der Waals surface area contributed by atoms with E-state index < -0.39 is 59.0 Å². The first-order chi connectivity index (χ1) is 10.4. The highest BCUT2D eigenvalue weighted by Crippen LogP contribution is 2.62. The fraction of sp³-hybridized carbons (Fsp3) is 1.00. The molecule has 0 amide bonds. The van der Waals surface area contributed by atoms with Crippen LogP contribution in [-0.2, 0) is 14.2 Å². The van der Waals surface area contributed by atoms with E-state index in [1.165, 1.54) is 0 Å². The van der Waals surface area contributed by atoms with Crippen molar-refractivity contribution in [1.29, 1.82) is 0 Å². The van der Waals surface area contributed by atoms with Crippen LogP contribution in [-0.4, -0.2) is 79.5 Å². The summed E-state index contributed by atoms with van der Waals surface area (Å²) in [5, 5.41) is 42.4. The summed E-state index contributed by atoms with van der Waals surface area (Å²) in [5.74, 6) is 0. The molecule has 0 aromatic rings. The molecule has 132 valence electrons. The van der Waals surface area contributed by atoms with Crippen molar-refractivity contribution in [2.75, 3.05) is 0 Å². The van der Waals surface area contributed by atoms with Crippen LogP contribution >= 0.6 is 0 Å². The van der Waals surface area contributed by atoms with E-state index in [1.54, 1.807) is 27.7 Å². The number of aliphatic hydroxyl groups is 4. The normalized spacial score (nSPS) is 57.4. The first kappa shape index (κ1) is 16.2. The van der Waals surface area contributed by atoms with Gasteiger partial charge in [0.05, 0.1) is 23.4 Å². The highest BCUT2D eigenvalue weighted by atomic mass is 16.7. The van der Waals surface area contributed by atoms with Gasteiger partial charge in [-0.1, -0.05) is 0 Å². The molecule has 0 aromatic carbocycles. The molecule has 8 unspecified atom stereocenters. The van der Waals surface area contributed by atoms with Gasteiger partial charge in [-0.25, -0.2) is 0 Å². The van der Waals surface area contributed by atoms with Crippen LogP contribution < -0.4 is 0 Å². The van der Waals surface area contributed by atoms with Gasteiger partial charge in [0.2, 0.25) is 0 Å². The Hall–Kier alpha value is -0.280. The molecular formula is C16H26O7. The van der Waals surface area contributed by atoms with Crippen LogP contribution in [0.5, 0.6) is 0 Å². The maximum absolute atomic E-state index is 11.1. The molecule has 1 spiro atoms. The summed E-state index contributed by atoms with van der Waals surface area (Å²) in [7, 11) is 0. The Bertz CT molecular complexity index is 529. The van der Waals surface area contributed by atoms with E-state index >= 15 is 0 Å². The molecule has 1 saturated carbocycles. The summed E-state index contributed by atoms with van der Waals surface area (Å²) >= 11 is 0. The zero-order valence-corrected chi connectivity index (χ0v) is 13.9. The lowest BCUT2D eigenvalue weighted by atomic mass is 9.67. The zero-order valence-electron chi connectivity index (χ0n) is 13.9. The predicted molar refractivity (Wildman–Crippen MR) is 77.7 cm³/mol. The van der Waals surface area contributed by atoms with Gasteiger partial charge in [-0.15, -0.1) is 0 Å². The molecule has 4 aliphatic rings. The Morgan fingerprint density at radius 3 is 2.26 bits per heavy atom. The Morgan fingerprint density at radius 1 is 1.00 bits per heavy atom. The Kier molecular flexibility index (Phi) is 3.01. The minimum Gasteiger partial charge on any atom is -0.390 e. The number of hydrogen-bond donors (Lipinski definition) is 4. The lowest BCUT2D eigenvalue weighted by Crippen LogP contribution is -2.70. The van der Waals surface area contributed by atoms with Crippen molar-refractivity contribution in [3.8, 4) is 0 Å². The Labute approximate surface area is 135 Å². The highest BCUT2D eigenvalue weighted by molar-refractivity contribution is 5.29. The van der Waals surface area contributed by atoms with Crippen LogP contribution in [0.3, 0.4) is 0 Å². The number of rotatable bonds is 1. The van der Waals surface area contributed by atoms with Crippen LogP contribution in [0.1, 0.15) is 40.5 Å². The molecule has 1 aliphatic carbocycles. The van der Waals surface area contributed by atoms with E-state index in [4.69, 9.17) is 14.2 Å². The molecule has 4 N–H and O–H groups in total. The van der Waals surface area contributed by atoms with Crippen molar-refractivity contribution in [3.05, 3.63) is 0 Å². The van der Waals surface area contributed by atoms with E-state index in [0.29, 0.717) is 6.42 Å². The summed E-state index contributed by atoms with van der Waals surface area (Å²) in [6.45, 7) is 6.75. The molecule has 23 heavy (non-hydrogen) atoms. The van der Waals surface area contributed by atoms with Crippen molar-refractivity contribution in [2.24, 2.45) is 0 Å². The van der Waals surface area contributed by atoms with Gasteiger partial charge in [0, 0.05) is 12.8 Å². The number of ether oxygens (including phenoxy) is 3. The van der Waals surface area contributed by atoms with Crippen LogP contribution in [0.15, 0.2) is 0 Å². The van der Waals surface area contributed by atoms with Gasteiger partial charge in [0.1, 0.15) is 35.6 Å². The molecule has 3 heterocycles. The maximum Gasteiger partial charge on any atom is 0.129 e. The fourth-order valence-electron chi connectivity index (χ4n) is 4.47. The monoisotopic (exact) mass is 330 g/mol. The first-order valence-electron chi connectivity index (χ1n) is 8.24. The predicted octanol–water partition coefficient (Wildman–Crippen LogP) is -0.914. The van der Waals surface area contributed by atoms with E-state index in [2.05, 4.69) is 0 Å². The van der Waals surface area contributed by atoms with Gasteiger partial charge >= 0.3 is 0 Å². The van der Waals surface area contributed by atoms with Gasteiger partial charge in [-0.2, -0.15) is 0 Å². The van der Waals surface area contributed by atoms with Gasteiger partial charge in [0.15, 0.2) is 0 Å². The van der Waals surface area contributed by atoms with E-state index in [-0.39, 0.29) is 6.42 Å². The van der Waals surface area contributed by atoms with Crippen LogP contribution in [0, 0.1) is 0 Å². The zero-order chi connectivity index (χ0) is 17.0. The summed E-state index contributed by atoms with van der Waals surface area (Å²) < 4.78 is 17.6. The van der Waals surface area contributed by atoms with Gasteiger partial charge in [-0.05, 0) is 27.7 Å². The second-order valence-electron chi connectivity index (χ2n) is 8.69. The van der Waals surface area contributed by atoms with Crippen molar-refractivity contribution >= 4 is 0 Å². The van der Waals surface area contributed by atoms with Crippen LogP contribution in [0.25, 0.3) is 0 Å². The molecule has 3 aliphatic heterocycles. The van der Waals surface area contributed by atoms with Gasteiger partial charge in [-0.3, -0.25) is 0 Å². The summed E-state index contributed by atoms with van der Waals surface area (Å²) in [6.07, 6.45) is -4.00. The molecule has 3 saturated heterocycles. The maximum atomic E-state index is 11.1. The third-order valence-corrected chi connectivity index (χ3v) is 6.18. The minimum atomic E-state index is -1.53.